The van der Waals surface area contributed by atoms with Crippen molar-refractivity contribution in [1.29, 1.82) is 0 Å². The third-order valence-corrected chi connectivity index (χ3v) is 3.41. The summed E-state index contributed by atoms with van der Waals surface area (Å²) in [6.45, 7) is 0.253. The molecule has 1 aliphatic heterocycles. The third kappa shape index (κ3) is 2.78. The van der Waals surface area contributed by atoms with Crippen LogP contribution in [0.25, 0.3) is 0 Å². The second-order valence-corrected chi connectivity index (χ2v) is 5.07. The fraction of sp³-hybridized carbons (Fsp3) is 0.188. The molecule has 0 spiro atoms. The standard InChI is InChI=1S/C16H13ClO3/c17-12-7-5-11(6-8-12)9-13(18)16-10-19-14-3-1-2-4-15(14)20-16/h1-8,16H,9-10H2. The van der Waals surface area contributed by atoms with Gasteiger partial charge in [-0.1, -0.05) is 35.9 Å². The highest BCUT2D eigenvalue weighted by Crippen LogP contribution is 2.31. The zero-order chi connectivity index (χ0) is 13.9. The second-order valence-electron chi connectivity index (χ2n) is 4.63. The van der Waals surface area contributed by atoms with Crippen molar-refractivity contribution in [2.24, 2.45) is 0 Å². The zero-order valence-corrected chi connectivity index (χ0v) is 11.5. The summed E-state index contributed by atoms with van der Waals surface area (Å²) in [6, 6.07) is 14.6. The molecule has 1 aliphatic rings. The van der Waals surface area contributed by atoms with Crippen molar-refractivity contribution >= 4 is 17.4 Å². The Bertz CT molecular complexity index is 622. The van der Waals surface area contributed by atoms with Gasteiger partial charge in [-0.2, -0.15) is 0 Å². The molecule has 0 bridgehead atoms. The number of Topliss-reactive ketones (excluding diaryl/α,β-unsaturated/α-hetero) is 1. The molecule has 1 unspecified atom stereocenters. The molecule has 20 heavy (non-hydrogen) atoms. The monoisotopic (exact) mass is 288 g/mol. The highest BCUT2D eigenvalue weighted by atomic mass is 35.5. The smallest absolute Gasteiger partial charge is 0.191 e. The van der Waals surface area contributed by atoms with Gasteiger partial charge in [0.15, 0.2) is 23.4 Å². The fourth-order valence-electron chi connectivity index (χ4n) is 2.10. The molecule has 0 fully saturated rings. The lowest BCUT2D eigenvalue weighted by atomic mass is 10.1. The Hall–Kier alpha value is -2.00. The van der Waals surface area contributed by atoms with Crippen molar-refractivity contribution in [2.75, 3.05) is 6.61 Å². The molecule has 0 radical (unpaired) electrons. The van der Waals surface area contributed by atoms with Gasteiger partial charge in [-0.05, 0) is 29.8 Å². The minimum absolute atomic E-state index is 0.00169. The highest BCUT2D eigenvalue weighted by Gasteiger charge is 2.26. The molecular weight excluding hydrogens is 276 g/mol. The van der Waals surface area contributed by atoms with Gasteiger partial charge in [0, 0.05) is 11.4 Å². The van der Waals surface area contributed by atoms with Crippen molar-refractivity contribution in [3.05, 3.63) is 59.1 Å². The first kappa shape index (κ1) is 13.0. The summed E-state index contributed by atoms with van der Waals surface area (Å²) in [5, 5.41) is 0.660. The minimum atomic E-state index is -0.555. The number of ketones is 1. The van der Waals surface area contributed by atoms with E-state index in [4.69, 9.17) is 21.1 Å². The lowest BCUT2D eigenvalue weighted by Gasteiger charge is -2.25. The first-order valence-electron chi connectivity index (χ1n) is 6.38. The molecule has 0 aromatic heterocycles. The number of ether oxygens (including phenoxy) is 2. The van der Waals surface area contributed by atoms with Crippen LogP contribution in [-0.2, 0) is 11.2 Å². The van der Waals surface area contributed by atoms with Crippen molar-refractivity contribution in [3.63, 3.8) is 0 Å². The van der Waals surface area contributed by atoms with E-state index in [1.165, 1.54) is 0 Å². The molecule has 2 aromatic rings. The Morgan fingerprint density at radius 3 is 2.55 bits per heavy atom. The first-order chi connectivity index (χ1) is 9.72. The molecule has 1 atom stereocenters. The molecule has 0 saturated heterocycles. The van der Waals surface area contributed by atoms with Gasteiger partial charge in [-0.3, -0.25) is 4.79 Å². The summed E-state index contributed by atoms with van der Waals surface area (Å²) in [7, 11) is 0. The van der Waals surface area contributed by atoms with Crippen LogP contribution in [0.1, 0.15) is 5.56 Å². The largest absolute Gasteiger partial charge is 0.485 e. The Morgan fingerprint density at radius 1 is 1.10 bits per heavy atom. The minimum Gasteiger partial charge on any atom is -0.485 e. The SMILES string of the molecule is O=C(Cc1ccc(Cl)cc1)C1COc2ccccc2O1. The van der Waals surface area contributed by atoms with Crippen LogP contribution in [-0.4, -0.2) is 18.5 Å². The van der Waals surface area contributed by atoms with Gasteiger partial charge in [0.1, 0.15) is 6.61 Å². The van der Waals surface area contributed by atoms with Gasteiger partial charge in [0.05, 0.1) is 0 Å². The third-order valence-electron chi connectivity index (χ3n) is 3.16. The highest BCUT2D eigenvalue weighted by molar-refractivity contribution is 6.30. The summed E-state index contributed by atoms with van der Waals surface area (Å²) in [5.41, 5.74) is 0.918. The summed E-state index contributed by atoms with van der Waals surface area (Å²) in [5.74, 6) is 1.30. The normalized spacial score (nSPS) is 16.8. The Labute approximate surface area is 122 Å². The van der Waals surface area contributed by atoms with Crippen LogP contribution in [0.4, 0.5) is 0 Å². The molecule has 2 aromatic carbocycles. The van der Waals surface area contributed by atoms with Crippen LogP contribution in [0.3, 0.4) is 0 Å². The fourth-order valence-corrected chi connectivity index (χ4v) is 2.22. The first-order valence-corrected chi connectivity index (χ1v) is 6.76. The number of para-hydroxylation sites is 2. The van der Waals surface area contributed by atoms with E-state index in [1.807, 2.05) is 30.3 Å². The molecular formula is C16H13ClO3. The molecule has 4 heteroatoms. The number of carbonyl (C=O) groups excluding carboxylic acids is 1. The summed E-state index contributed by atoms with van der Waals surface area (Å²) >= 11 is 5.82. The maximum absolute atomic E-state index is 12.2. The van der Waals surface area contributed by atoms with Gasteiger partial charge in [0.2, 0.25) is 0 Å². The number of fused-ring (bicyclic) bond motifs is 1. The van der Waals surface area contributed by atoms with Crippen LogP contribution >= 0.6 is 11.6 Å². The number of halogens is 1. The van der Waals surface area contributed by atoms with E-state index in [2.05, 4.69) is 0 Å². The van der Waals surface area contributed by atoms with Gasteiger partial charge < -0.3 is 9.47 Å². The Morgan fingerprint density at radius 2 is 1.80 bits per heavy atom. The molecule has 1 heterocycles. The predicted molar refractivity (Wildman–Crippen MR) is 76.5 cm³/mol. The van der Waals surface area contributed by atoms with E-state index >= 15 is 0 Å². The van der Waals surface area contributed by atoms with E-state index in [0.717, 1.165) is 5.56 Å². The van der Waals surface area contributed by atoms with Crippen molar-refractivity contribution in [3.8, 4) is 11.5 Å². The number of hydrogen-bond acceptors (Lipinski definition) is 3. The number of rotatable bonds is 3. The van der Waals surface area contributed by atoms with Gasteiger partial charge in [-0.25, -0.2) is 0 Å². The summed E-state index contributed by atoms with van der Waals surface area (Å²) < 4.78 is 11.2. The van der Waals surface area contributed by atoms with Crippen molar-refractivity contribution in [1.82, 2.24) is 0 Å². The van der Waals surface area contributed by atoms with E-state index in [-0.39, 0.29) is 12.4 Å². The van der Waals surface area contributed by atoms with E-state index in [1.54, 1.807) is 18.2 Å². The van der Waals surface area contributed by atoms with E-state index < -0.39 is 6.10 Å². The van der Waals surface area contributed by atoms with Crippen LogP contribution in [0.2, 0.25) is 5.02 Å². The number of benzene rings is 2. The maximum Gasteiger partial charge on any atom is 0.191 e. The Kier molecular flexibility index (Phi) is 3.61. The lowest BCUT2D eigenvalue weighted by molar-refractivity contribution is -0.127. The van der Waals surface area contributed by atoms with Gasteiger partial charge in [0.25, 0.3) is 0 Å². The van der Waals surface area contributed by atoms with Gasteiger partial charge >= 0.3 is 0 Å². The molecule has 0 saturated carbocycles. The molecule has 0 N–H and O–H groups in total. The molecule has 102 valence electrons. The number of hydrogen-bond donors (Lipinski definition) is 0. The second kappa shape index (κ2) is 5.55. The summed E-state index contributed by atoms with van der Waals surface area (Å²) in [4.78, 5) is 12.2. The van der Waals surface area contributed by atoms with E-state index in [0.29, 0.717) is 22.9 Å². The lowest BCUT2D eigenvalue weighted by Crippen LogP contribution is -2.37. The average Bonchev–Trinajstić information content (AvgIpc) is 2.49. The molecule has 3 rings (SSSR count). The Balaban J connectivity index is 1.68. The maximum atomic E-state index is 12.2. The molecule has 0 amide bonds. The zero-order valence-electron chi connectivity index (χ0n) is 10.7. The topological polar surface area (TPSA) is 35.5 Å². The summed E-state index contributed by atoms with van der Waals surface area (Å²) in [6.07, 6.45) is -0.242. The molecule has 0 aliphatic carbocycles. The predicted octanol–water partition coefficient (Wildman–Crippen LogP) is 3.29. The van der Waals surface area contributed by atoms with Crippen LogP contribution in [0.5, 0.6) is 11.5 Å². The van der Waals surface area contributed by atoms with Crippen molar-refractivity contribution < 1.29 is 14.3 Å². The van der Waals surface area contributed by atoms with Crippen LogP contribution in [0, 0.1) is 0 Å². The van der Waals surface area contributed by atoms with Crippen LogP contribution < -0.4 is 9.47 Å². The van der Waals surface area contributed by atoms with Gasteiger partial charge in [-0.15, -0.1) is 0 Å². The van der Waals surface area contributed by atoms with E-state index in [9.17, 15) is 4.79 Å². The quantitative estimate of drug-likeness (QED) is 0.869. The van der Waals surface area contributed by atoms with Crippen LogP contribution in [0.15, 0.2) is 48.5 Å². The number of carbonyl (C=O) groups is 1. The average molecular weight is 289 g/mol. The molecule has 3 nitrogen and oxygen atoms in total. The van der Waals surface area contributed by atoms with Crippen molar-refractivity contribution in [2.45, 2.75) is 12.5 Å².